The molecule has 2 aromatic carbocycles. The van der Waals surface area contributed by atoms with Crippen LogP contribution in [0, 0.1) is 5.82 Å². The standard InChI is InChI=1S/C21H19FN2O2/c1-2-26-19-10-6-8-17(14-19)21(25)24(20-11-3-4-12-23-20)15-16-7-5-9-18(22)13-16/h3-14H,2,15H2,1H3. The average molecular weight is 350 g/mol. The second kappa shape index (κ2) is 8.25. The molecule has 0 aliphatic heterocycles. The summed E-state index contributed by atoms with van der Waals surface area (Å²) >= 11 is 0. The third-order valence-electron chi connectivity index (χ3n) is 3.79. The lowest BCUT2D eigenvalue weighted by Gasteiger charge is -2.22. The first-order valence-corrected chi connectivity index (χ1v) is 8.37. The van der Waals surface area contributed by atoms with Crippen molar-refractivity contribution in [3.05, 3.63) is 89.9 Å². The molecular weight excluding hydrogens is 331 g/mol. The number of anilines is 1. The molecule has 3 aromatic rings. The lowest BCUT2D eigenvalue weighted by molar-refractivity contribution is 0.0984. The molecule has 0 unspecified atom stereocenters. The summed E-state index contributed by atoms with van der Waals surface area (Å²) in [5.74, 6) is 0.567. The molecule has 5 heteroatoms. The molecule has 0 fully saturated rings. The van der Waals surface area contributed by atoms with Crippen molar-refractivity contribution in [2.24, 2.45) is 0 Å². The Bertz CT molecular complexity index is 884. The van der Waals surface area contributed by atoms with Crippen molar-refractivity contribution in [3.63, 3.8) is 0 Å². The molecule has 0 bridgehead atoms. The van der Waals surface area contributed by atoms with Crippen LogP contribution < -0.4 is 9.64 Å². The van der Waals surface area contributed by atoms with Crippen LogP contribution in [0.3, 0.4) is 0 Å². The summed E-state index contributed by atoms with van der Waals surface area (Å²) in [5.41, 5.74) is 1.17. The highest BCUT2D eigenvalue weighted by atomic mass is 19.1. The van der Waals surface area contributed by atoms with Gasteiger partial charge in [-0.3, -0.25) is 9.69 Å². The van der Waals surface area contributed by atoms with Crippen LogP contribution in [0.2, 0.25) is 0 Å². The third-order valence-corrected chi connectivity index (χ3v) is 3.79. The van der Waals surface area contributed by atoms with Crippen LogP contribution >= 0.6 is 0 Å². The van der Waals surface area contributed by atoms with Crippen molar-refractivity contribution in [1.82, 2.24) is 4.98 Å². The Kier molecular flexibility index (Phi) is 5.59. The van der Waals surface area contributed by atoms with Crippen molar-refractivity contribution in [1.29, 1.82) is 0 Å². The minimum atomic E-state index is -0.339. The Labute approximate surface area is 151 Å². The maximum Gasteiger partial charge on any atom is 0.259 e. The molecule has 4 nitrogen and oxygen atoms in total. The number of pyridine rings is 1. The number of ether oxygens (including phenoxy) is 1. The zero-order chi connectivity index (χ0) is 18.4. The molecule has 0 aliphatic carbocycles. The fraction of sp³-hybridized carbons (Fsp3) is 0.143. The largest absolute Gasteiger partial charge is 0.494 e. The Morgan fingerprint density at radius 3 is 2.65 bits per heavy atom. The molecule has 3 rings (SSSR count). The Morgan fingerprint density at radius 2 is 1.92 bits per heavy atom. The molecule has 0 spiro atoms. The number of aromatic nitrogens is 1. The highest BCUT2D eigenvalue weighted by Gasteiger charge is 2.20. The summed E-state index contributed by atoms with van der Waals surface area (Å²) in [6.45, 7) is 2.62. The topological polar surface area (TPSA) is 42.4 Å². The van der Waals surface area contributed by atoms with Crippen LogP contribution in [0.4, 0.5) is 10.2 Å². The van der Waals surface area contributed by atoms with E-state index in [4.69, 9.17) is 4.74 Å². The zero-order valence-electron chi connectivity index (χ0n) is 14.4. The lowest BCUT2D eigenvalue weighted by atomic mass is 10.1. The number of hydrogen-bond donors (Lipinski definition) is 0. The highest BCUT2D eigenvalue weighted by Crippen LogP contribution is 2.21. The van der Waals surface area contributed by atoms with Gasteiger partial charge in [0.05, 0.1) is 13.2 Å². The fourth-order valence-corrected chi connectivity index (χ4v) is 2.63. The number of hydrogen-bond acceptors (Lipinski definition) is 3. The molecule has 1 amide bonds. The van der Waals surface area contributed by atoms with Gasteiger partial charge >= 0.3 is 0 Å². The predicted octanol–water partition coefficient (Wildman–Crippen LogP) is 4.47. The minimum absolute atomic E-state index is 0.215. The van der Waals surface area contributed by atoms with Crippen LogP contribution in [0.5, 0.6) is 5.75 Å². The summed E-state index contributed by atoms with van der Waals surface area (Å²) in [6.07, 6.45) is 1.62. The Balaban J connectivity index is 1.95. The molecule has 0 saturated heterocycles. The van der Waals surface area contributed by atoms with E-state index in [-0.39, 0.29) is 18.3 Å². The van der Waals surface area contributed by atoms with Gasteiger partial charge in [-0.05, 0) is 55.0 Å². The van der Waals surface area contributed by atoms with E-state index in [1.807, 2.05) is 13.0 Å². The van der Waals surface area contributed by atoms with Gasteiger partial charge in [-0.15, -0.1) is 0 Å². The van der Waals surface area contributed by atoms with Gasteiger partial charge in [0.25, 0.3) is 5.91 Å². The third kappa shape index (κ3) is 4.25. The maximum atomic E-state index is 13.5. The van der Waals surface area contributed by atoms with Gasteiger partial charge in [0.2, 0.25) is 0 Å². The summed E-state index contributed by atoms with van der Waals surface area (Å²) < 4.78 is 19.0. The van der Waals surface area contributed by atoms with Crippen molar-refractivity contribution < 1.29 is 13.9 Å². The van der Waals surface area contributed by atoms with E-state index in [9.17, 15) is 9.18 Å². The van der Waals surface area contributed by atoms with Gasteiger partial charge in [-0.2, -0.15) is 0 Å². The SMILES string of the molecule is CCOc1cccc(C(=O)N(Cc2cccc(F)c2)c2ccccn2)c1. The Hall–Kier alpha value is -3.21. The van der Waals surface area contributed by atoms with E-state index in [0.717, 1.165) is 0 Å². The number of amides is 1. The van der Waals surface area contributed by atoms with Gasteiger partial charge in [-0.25, -0.2) is 9.37 Å². The molecule has 0 radical (unpaired) electrons. The summed E-state index contributed by atoms with van der Waals surface area (Å²) in [4.78, 5) is 18.9. The fourth-order valence-electron chi connectivity index (χ4n) is 2.63. The van der Waals surface area contributed by atoms with Crippen molar-refractivity contribution in [2.45, 2.75) is 13.5 Å². The van der Waals surface area contributed by atoms with E-state index >= 15 is 0 Å². The van der Waals surface area contributed by atoms with Crippen LogP contribution in [-0.2, 0) is 6.54 Å². The van der Waals surface area contributed by atoms with Crippen LogP contribution in [0.15, 0.2) is 72.9 Å². The predicted molar refractivity (Wildman–Crippen MR) is 98.8 cm³/mol. The Morgan fingerprint density at radius 1 is 1.08 bits per heavy atom. The average Bonchev–Trinajstić information content (AvgIpc) is 2.67. The van der Waals surface area contributed by atoms with Gasteiger partial charge in [0.1, 0.15) is 17.4 Å². The van der Waals surface area contributed by atoms with Gasteiger partial charge in [-0.1, -0.05) is 24.3 Å². The molecular formula is C21H19FN2O2. The number of carbonyl (C=O) groups excluding carboxylic acids is 1. The highest BCUT2D eigenvalue weighted by molar-refractivity contribution is 6.05. The molecule has 0 atom stereocenters. The molecule has 0 N–H and O–H groups in total. The zero-order valence-corrected chi connectivity index (χ0v) is 14.4. The summed E-state index contributed by atoms with van der Waals surface area (Å²) in [5, 5.41) is 0. The van der Waals surface area contributed by atoms with Crippen molar-refractivity contribution >= 4 is 11.7 Å². The van der Waals surface area contributed by atoms with Crippen molar-refractivity contribution in [2.75, 3.05) is 11.5 Å². The van der Waals surface area contributed by atoms with Crippen LogP contribution in [-0.4, -0.2) is 17.5 Å². The number of halogens is 1. The smallest absolute Gasteiger partial charge is 0.259 e. The van der Waals surface area contributed by atoms with E-state index in [0.29, 0.717) is 29.3 Å². The van der Waals surface area contributed by atoms with Gasteiger partial charge < -0.3 is 4.74 Å². The molecule has 26 heavy (non-hydrogen) atoms. The first-order valence-electron chi connectivity index (χ1n) is 8.37. The monoisotopic (exact) mass is 350 g/mol. The minimum Gasteiger partial charge on any atom is -0.494 e. The van der Waals surface area contributed by atoms with Crippen LogP contribution in [0.25, 0.3) is 0 Å². The van der Waals surface area contributed by atoms with Crippen LogP contribution in [0.1, 0.15) is 22.8 Å². The number of rotatable bonds is 6. The lowest BCUT2D eigenvalue weighted by Crippen LogP contribution is -2.31. The number of nitrogens with zero attached hydrogens (tertiary/aromatic N) is 2. The van der Waals surface area contributed by atoms with Gasteiger partial charge in [0, 0.05) is 11.8 Å². The maximum absolute atomic E-state index is 13.5. The molecule has 132 valence electrons. The summed E-state index contributed by atoms with van der Waals surface area (Å²) in [7, 11) is 0. The first kappa shape index (κ1) is 17.6. The normalized spacial score (nSPS) is 10.4. The van der Waals surface area contributed by atoms with E-state index in [2.05, 4.69) is 4.98 Å². The number of carbonyl (C=O) groups is 1. The first-order chi connectivity index (χ1) is 12.7. The molecule has 1 aromatic heterocycles. The van der Waals surface area contributed by atoms with Gasteiger partial charge in [0.15, 0.2) is 0 Å². The molecule has 0 aliphatic rings. The second-order valence-corrected chi connectivity index (χ2v) is 5.67. The van der Waals surface area contributed by atoms with E-state index in [1.165, 1.54) is 17.0 Å². The molecule has 1 heterocycles. The van der Waals surface area contributed by atoms with E-state index < -0.39 is 0 Å². The summed E-state index contributed by atoms with van der Waals surface area (Å²) in [6, 6.07) is 18.6. The second-order valence-electron chi connectivity index (χ2n) is 5.67. The van der Waals surface area contributed by atoms with Crippen molar-refractivity contribution in [3.8, 4) is 5.75 Å². The quantitative estimate of drug-likeness (QED) is 0.659. The molecule has 0 saturated carbocycles. The number of benzene rings is 2. The van der Waals surface area contributed by atoms with E-state index in [1.54, 1.807) is 54.7 Å².